The largest absolute Gasteiger partial charge is 0.314 e. The normalized spacial score (nSPS) is 12.8. The van der Waals surface area contributed by atoms with Crippen LogP contribution in [0.4, 0.5) is 0 Å². The number of likely N-dealkylation sites (N-methyl/N-ethyl adjacent to an activating group) is 1. The fraction of sp³-hybridized carbons (Fsp3) is 0.500. The minimum Gasteiger partial charge on any atom is -0.314 e. The summed E-state index contributed by atoms with van der Waals surface area (Å²) in [7, 11) is 0. The molecule has 0 bridgehead atoms. The van der Waals surface area contributed by atoms with Crippen molar-refractivity contribution in [1.82, 2.24) is 15.3 Å². The van der Waals surface area contributed by atoms with Crippen LogP contribution in [0.3, 0.4) is 0 Å². The Balaban J connectivity index is 1.97. The molecule has 0 radical (unpaired) electrons. The maximum absolute atomic E-state index is 4.53. The summed E-state index contributed by atoms with van der Waals surface area (Å²) < 4.78 is 0. The molecule has 0 fully saturated rings. The van der Waals surface area contributed by atoms with E-state index < -0.39 is 0 Å². The lowest BCUT2D eigenvalue weighted by Crippen LogP contribution is -2.32. The molecule has 3 nitrogen and oxygen atoms in total. The molecule has 0 aromatic carbocycles. The van der Waals surface area contributed by atoms with Crippen molar-refractivity contribution < 1.29 is 0 Å². The highest BCUT2D eigenvalue weighted by Crippen LogP contribution is 2.14. The van der Waals surface area contributed by atoms with Gasteiger partial charge in [0, 0.05) is 28.9 Å². The molecule has 1 atom stereocenters. The molecule has 0 aliphatic heterocycles. The van der Waals surface area contributed by atoms with Crippen molar-refractivity contribution in [2.45, 2.75) is 32.7 Å². The van der Waals surface area contributed by atoms with E-state index in [4.69, 9.17) is 0 Å². The van der Waals surface area contributed by atoms with Gasteiger partial charge in [0.05, 0.1) is 16.2 Å². The molecule has 17 heavy (non-hydrogen) atoms. The number of hydrogen-bond donors (Lipinski definition) is 1. The molecule has 2 aromatic heterocycles. The van der Waals surface area contributed by atoms with Crippen LogP contribution in [0.25, 0.3) is 0 Å². The quantitative estimate of drug-likeness (QED) is 0.874. The molecular weight excluding hydrogens is 250 g/mol. The first-order valence-corrected chi connectivity index (χ1v) is 7.55. The number of nitrogens with one attached hydrogen (secondary N) is 1. The van der Waals surface area contributed by atoms with E-state index >= 15 is 0 Å². The van der Waals surface area contributed by atoms with Crippen molar-refractivity contribution in [3.63, 3.8) is 0 Å². The van der Waals surface area contributed by atoms with Crippen LogP contribution >= 0.6 is 22.7 Å². The SMILES string of the molecule is CCNC(Cc1csc(C)n1)Cc1cncs1. The standard InChI is InChI=1S/C12H17N3S2/c1-3-14-10(5-12-6-13-8-17-12)4-11-7-16-9(2)15-11/h6-8,10,14H,3-5H2,1-2H3. The predicted molar refractivity (Wildman–Crippen MR) is 73.8 cm³/mol. The van der Waals surface area contributed by atoms with Gasteiger partial charge in [-0.05, 0) is 19.9 Å². The van der Waals surface area contributed by atoms with Crippen LogP contribution < -0.4 is 5.32 Å². The zero-order valence-corrected chi connectivity index (χ0v) is 11.8. The Kier molecular flexibility index (Phi) is 4.65. The van der Waals surface area contributed by atoms with Gasteiger partial charge in [0.1, 0.15) is 0 Å². The summed E-state index contributed by atoms with van der Waals surface area (Å²) in [6, 6.07) is 0.460. The highest BCUT2D eigenvalue weighted by Gasteiger charge is 2.12. The van der Waals surface area contributed by atoms with Crippen molar-refractivity contribution in [3.05, 3.63) is 32.7 Å². The minimum absolute atomic E-state index is 0.460. The van der Waals surface area contributed by atoms with Gasteiger partial charge in [-0.3, -0.25) is 4.98 Å². The third-order valence-electron chi connectivity index (χ3n) is 2.55. The third kappa shape index (κ3) is 3.87. The van der Waals surface area contributed by atoms with Gasteiger partial charge >= 0.3 is 0 Å². The highest BCUT2D eigenvalue weighted by molar-refractivity contribution is 7.09. The van der Waals surface area contributed by atoms with E-state index in [1.165, 1.54) is 10.6 Å². The zero-order valence-electron chi connectivity index (χ0n) is 10.1. The van der Waals surface area contributed by atoms with Crippen LogP contribution in [0.5, 0.6) is 0 Å². The summed E-state index contributed by atoms with van der Waals surface area (Å²) in [4.78, 5) is 9.99. The summed E-state index contributed by atoms with van der Waals surface area (Å²) in [5, 5.41) is 6.83. The van der Waals surface area contributed by atoms with Crippen LogP contribution in [-0.4, -0.2) is 22.6 Å². The molecule has 2 aromatic rings. The molecule has 0 aliphatic rings. The maximum atomic E-state index is 4.53. The van der Waals surface area contributed by atoms with E-state index in [2.05, 4.69) is 34.5 Å². The number of aromatic nitrogens is 2. The molecule has 92 valence electrons. The highest BCUT2D eigenvalue weighted by atomic mass is 32.1. The summed E-state index contributed by atoms with van der Waals surface area (Å²) >= 11 is 3.45. The van der Waals surface area contributed by atoms with Gasteiger partial charge < -0.3 is 5.32 Å². The van der Waals surface area contributed by atoms with Crippen molar-refractivity contribution >= 4 is 22.7 Å². The van der Waals surface area contributed by atoms with E-state index in [1.807, 2.05) is 11.7 Å². The first-order chi connectivity index (χ1) is 8.28. The average Bonchev–Trinajstić information content (AvgIpc) is 2.91. The van der Waals surface area contributed by atoms with Gasteiger partial charge in [-0.15, -0.1) is 22.7 Å². The second-order valence-electron chi connectivity index (χ2n) is 3.99. The van der Waals surface area contributed by atoms with Crippen molar-refractivity contribution in [2.75, 3.05) is 6.54 Å². The van der Waals surface area contributed by atoms with Crippen molar-refractivity contribution in [3.8, 4) is 0 Å². The molecule has 1 unspecified atom stereocenters. The molecule has 0 amide bonds. The summed E-state index contributed by atoms with van der Waals surface area (Å²) in [5.41, 5.74) is 3.09. The van der Waals surface area contributed by atoms with Crippen molar-refractivity contribution in [2.24, 2.45) is 0 Å². The number of rotatable bonds is 6. The molecule has 2 rings (SSSR count). The van der Waals surface area contributed by atoms with E-state index in [-0.39, 0.29) is 0 Å². The molecule has 0 aliphatic carbocycles. The number of thiazole rings is 2. The number of nitrogens with zero attached hydrogens (tertiary/aromatic N) is 2. The lowest BCUT2D eigenvalue weighted by molar-refractivity contribution is 0.520. The van der Waals surface area contributed by atoms with Gasteiger partial charge in [0.25, 0.3) is 0 Å². The minimum atomic E-state index is 0.460. The molecule has 0 spiro atoms. The number of aryl methyl sites for hydroxylation is 1. The lowest BCUT2D eigenvalue weighted by Gasteiger charge is -2.15. The Labute approximate surface area is 110 Å². The van der Waals surface area contributed by atoms with E-state index in [0.29, 0.717) is 6.04 Å². The molecule has 2 heterocycles. The third-order valence-corrected chi connectivity index (χ3v) is 4.17. The topological polar surface area (TPSA) is 37.8 Å². The Morgan fingerprint density at radius 2 is 2.24 bits per heavy atom. The average molecular weight is 267 g/mol. The van der Waals surface area contributed by atoms with Crippen LogP contribution in [0.15, 0.2) is 17.1 Å². The lowest BCUT2D eigenvalue weighted by atomic mass is 10.1. The van der Waals surface area contributed by atoms with Gasteiger partial charge in [-0.25, -0.2) is 4.98 Å². The fourth-order valence-corrected chi connectivity index (χ4v) is 3.15. The van der Waals surface area contributed by atoms with Crippen LogP contribution in [0.1, 0.15) is 22.5 Å². The monoisotopic (exact) mass is 267 g/mol. The summed E-state index contributed by atoms with van der Waals surface area (Å²) in [6.07, 6.45) is 3.99. The first-order valence-electron chi connectivity index (χ1n) is 5.79. The second-order valence-corrected chi connectivity index (χ2v) is 6.02. The van der Waals surface area contributed by atoms with E-state index in [9.17, 15) is 0 Å². The molecule has 0 saturated carbocycles. The molecule has 1 N–H and O–H groups in total. The Hall–Kier alpha value is -0.780. The zero-order chi connectivity index (χ0) is 12.1. The fourth-order valence-electron chi connectivity index (χ4n) is 1.85. The smallest absolute Gasteiger partial charge is 0.0897 e. The maximum Gasteiger partial charge on any atom is 0.0897 e. The molecule has 5 heteroatoms. The Morgan fingerprint density at radius 3 is 2.82 bits per heavy atom. The van der Waals surface area contributed by atoms with E-state index in [0.717, 1.165) is 24.4 Å². The Morgan fingerprint density at radius 1 is 1.35 bits per heavy atom. The van der Waals surface area contributed by atoms with Gasteiger partial charge in [-0.2, -0.15) is 0 Å². The predicted octanol–water partition coefficient (Wildman–Crippen LogP) is 2.67. The van der Waals surface area contributed by atoms with E-state index in [1.54, 1.807) is 22.7 Å². The van der Waals surface area contributed by atoms with Gasteiger partial charge in [-0.1, -0.05) is 6.92 Å². The molecule has 0 saturated heterocycles. The van der Waals surface area contributed by atoms with Crippen LogP contribution in [0, 0.1) is 6.92 Å². The number of hydrogen-bond acceptors (Lipinski definition) is 5. The van der Waals surface area contributed by atoms with Crippen LogP contribution in [0.2, 0.25) is 0 Å². The summed E-state index contributed by atoms with van der Waals surface area (Å²) in [5.74, 6) is 0. The first kappa shape index (κ1) is 12.7. The summed E-state index contributed by atoms with van der Waals surface area (Å²) in [6.45, 7) is 5.19. The molecular formula is C12H17N3S2. The van der Waals surface area contributed by atoms with Gasteiger partial charge in [0.2, 0.25) is 0 Å². The van der Waals surface area contributed by atoms with Crippen LogP contribution in [-0.2, 0) is 12.8 Å². The Bertz CT molecular complexity index is 436. The van der Waals surface area contributed by atoms with Crippen molar-refractivity contribution in [1.29, 1.82) is 0 Å². The van der Waals surface area contributed by atoms with Gasteiger partial charge in [0.15, 0.2) is 0 Å². The second kappa shape index (κ2) is 6.23.